The lowest BCUT2D eigenvalue weighted by Crippen LogP contribution is -2.31. The summed E-state index contributed by atoms with van der Waals surface area (Å²) in [6.07, 6.45) is 2.27. The number of rotatable bonds is 5. The summed E-state index contributed by atoms with van der Waals surface area (Å²) in [7, 11) is 0. The van der Waals surface area contributed by atoms with Gasteiger partial charge in [-0.15, -0.1) is 17.9 Å². The SMILES string of the molecule is C=CCN(CC)C(=O)Cc1cccs1. The number of nitrogens with zero attached hydrogens (tertiary/aromatic N) is 1. The van der Waals surface area contributed by atoms with E-state index < -0.39 is 0 Å². The van der Waals surface area contributed by atoms with Crippen LogP contribution >= 0.6 is 11.3 Å². The van der Waals surface area contributed by atoms with Crippen LogP contribution in [-0.2, 0) is 11.2 Å². The Morgan fingerprint density at radius 3 is 3.00 bits per heavy atom. The average molecular weight is 209 g/mol. The Bertz CT molecular complexity index is 292. The molecule has 1 heterocycles. The Hall–Kier alpha value is -1.09. The first-order valence-electron chi connectivity index (χ1n) is 4.69. The second-order valence-corrected chi connectivity index (χ2v) is 4.01. The molecule has 0 aromatic carbocycles. The van der Waals surface area contributed by atoms with Gasteiger partial charge in [0.1, 0.15) is 0 Å². The van der Waals surface area contributed by atoms with Gasteiger partial charge in [-0.1, -0.05) is 12.1 Å². The zero-order valence-electron chi connectivity index (χ0n) is 8.40. The van der Waals surface area contributed by atoms with Crippen LogP contribution in [0.2, 0.25) is 0 Å². The molecule has 3 heteroatoms. The summed E-state index contributed by atoms with van der Waals surface area (Å²) in [5.41, 5.74) is 0. The third-order valence-corrected chi connectivity index (χ3v) is 2.87. The van der Waals surface area contributed by atoms with Crippen LogP contribution in [0, 0.1) is 0 Å². The molecule has 0 bridgehead atoms. The number of hydrogen-bond acceptors (Lipinski definition) is 2. The van der Waals surface area contributed by atoms with Crippen LogP contribution in [0.1, 0.15) is 11.8 Å². The van der Waals surface area contributed by atoms with Crippen molar-refractivity contribution in [1.82, 2.24) is 4.90 Å². The molecule has 0 spiro atoms. The molecule has 0 aliphatic carbocycles. The second kappa shape index (κ2) is 5.60. The van der Waals surface area contributed by atoms with E-state index in [2.05, 4.69) is 6.58 Å². The zero-order chi connectivity index (χ0) is 10.4. The van der Waals surface area contributed by atoms with Gasteiger partial charge in [-0.25, -0.2) is 0 Å². The van der Waals surface area contributed by atoms with Crippen LogP contribution in [-0.4, -0.2) is 23.9 Å². The Kier molecular flexibility index (Phi) is 4.40. The van der Waals surface area contributed by atoms with Gasteiger partial charge in [-0.05, 0) is 18.4 Å². The predicted molar refractivity (Wildman–Crippen MR) is 60.5 cm³/mol. The van der Waals surface area contributed by atoms with E-state index in [0.717, 1.165) is 11.4 Å². The van der Waals surface area contributed by atoms with Crippen molar-refractivity contribution in [1.29, 1.82) is 0 Å². The van der Waals surface area contributed by atoms with E-state index >= 15 is 0 Å². The summed E-state index contributed by atoms with van der Waals surface area (Å²) >= 11 is 1.62. The largest absolute Gasteiger partial charge is 0.339 e. The fourth-order valence-electron chi connectivity index (χ4n) is 1.24. The molecule has 0 N–H and O–H groups in total. The van der Waals surface area contributed by atoms with Crippen molar-refractivity contribution >= 4 is 17.2 Å². The van der Waals surface area contributed by atoms with E-state index in [-0.39, 0.29) is 5.91 Å². The fourth-order valence-corrected chi connectivity index (χ4v) is 1.93. The first-order chi connectivity index (χ1) is 6.77. The van der Waals surface area contributed by atoms with Crippen molar-refractivity contribution in [3.63, 3.8) is 0 Å². The highest BCUT2D eigenvalue weighted by Crippen LogP contribution is 2.10. The van der Waals surface area contributed by atoms with Crippen LogP contribution in [0.5, 0.6) is 0 Å². The molecule has 1 aromatic rings. The maximum atomic E-state index is 11.7. The monoisotopic (exact) mass is 209 g/mol. The van der Waals surface area contributed by atoms with Crippen LogP contribution in [0.4, 0.5) is 0 Å². The third kappa shape index (κ3) is 3.00. The van der Waals surface area contributed by atoms with Crippen LogP contribution in [0.3, 0.4) is 0 Å². The third-order valence-electron chi connectivity index (χ3n) is 1.99. The summed E-state index contributed by atoms with van der Waals surface area (Å²) in [4.78, 5) is 14.6. The lowest BCUT2D eigenvalue weighted by molar-refractivity contribution is -0.129. The van der Waals surface area contributed by atoms with Gasteiger partial charge in [0.15, 0.2) is 0 Å². The van der Waals surface area contributed by atoms with E-state index in [0.29, 0.717) is 13.0 Å². The summed E-state index contributed by atoms with van der Waals surface area (Å²) in [6.45, 7) is 7.00. The standard InChI is InChI=1S/C11H15NOS/c1-3-7-12(4-2)11(13)9-10-6-5-8-14-10/h3,5-6,8H,1,4,7,9H2,2H3. The topological polar surface area (TPSA) is 20.3 Å². The van der Waals surface area contributed by atoms with Gasteiger partial charge in [0, 0.05) is 18.0 Å². The normalized spacial score (nSPS) is 9.79. The highest BCUT2D eigenvalue weighted by Gasteiger charge is 2.10. The maximum absolute atomic E-state index is 11.7. The number of likely N-dealkylation sites (N-methyl/N-ethyl adjacent to an activating group) is 1. The minimum Gasteiger partial charge on any atom is -0.339 e. The van der Waals surface area contributed by atoms with Crippen LogP contribution in [0.25, 0.3) is 0 Å². The number of amides is 1. The van der Waals surface area contributed by atoms with Crippen molar-refractivity contribution in [2.75, 3.05) is 13.1 Å². The molecule has 0 radical (unpaired) electrons. The number of hydrogen-bond donors (Lipinski definition) is 0. The smallest absolute Gasteiger partial charge is 0.228 e. The first kappa shape index (κ1) is 11.0. The molecule has 76 valence electrons. The number of carbonyl (C=O) groups is 1. The van der Waals surface area contributed by atoms with Crippen LogP contribution < -0.4 is 0 Å². The molecule has 0 saturated carbocycles. The van der Waals surface area contributed by atoms with Gasteiger partial charge < -0.3 is 4.90 Å². The number of thiophene rings is 1. The van der Waals surface area contributed by atoms with Gasteiger partial charge in [-0.3, -0.25) is 4.79 Å². The van der Waals surface area contributed by atoms with E-state index in [1.165, 1.54) is 0 Å². The van der Waals surface area contributed by atoms with Crippen molar-refractivity contribution in [2.24, 2.45) is 0 Å². The first-order valence-corrected chi connectivity index (χ1v) is 5.57. The quantitative estimate of drug-likeness (QED) is 0.682. The summed E-state index contributed by atoms with van der Waals surface area (Å²) < 4.78 is 0. The van der Waals surface area contributed by atoms with Crippen LogP contribution in [0.15, 0.2) is 30.2 Å². The van der Waals surface area contributed by atoms with Gasteiger partial charge in [0.25, 0.3) is 0 Å². The Morgan fingerprint density at radius 1 is 1.71 bits per heavy atom. The van der Waals surface area contributed by atoms with E-state index in [1.54, 1.807) is 22.3 Å². The Balaban J connectivity index is 2.51. The van der Waals surface area contributed by atoms with Crippen molar-refractivity contribution in [3.8, 4) is 0 Å². The second-order valence-electron chi connectivity index (χ2n) is 2.98. The molecule has 0 unspecified atom stereocenters. The van der Waals surface area contributed by atoms with Gasteiger partial charge in [0.05, 0.1) is 6.42 Å². The minimum atomic E-state index is 0.176. The lowest BCUT2D eigenvalue weighted by Gasteiger charge is -2.18. The molecule has 0 aliphatic rings. The summed E-state index contributed by atoms with van der Waals surface area (Å²) in [6, 6.07) is 3.96. The van der Waals surface area contributed by atoms with E-state index in [9.17, 15) is 4.79 Å². The molecule has 1 rings (SSSR count). The molecule has 0 saturated heterocycles. The molecule has 0 aliphatic heterocycles. The van der Waals surface area contributed by atoms with Gasteiger partial charge in [0.2, 0.25) is 5.91 Å². The molecule has 1 amide bonds. The maximum Gasteiger partial charge on any atom is 0.228 e. The highest BCUT2D eigenvalue weighted by molar-refractivity contribution is 7.10. The minimum absolute atomic E-state index is 0.176. The van der Waals surface area contributed by atoms with E-state index in [1.807, 2.05) is 24.4 Å². The zero-order valence-corrected chi connectivity index (χ0v) is 9.22. The molecule has 0 atom stereocenters. The molecular formula is C11H15NOS. The molecule has 14 heavy (non-hydrogen) atoms. The summed E-state index contributed by atoms with van der Waals surface area (Å²) in [5.74, 6) is 0.176. The van der Waals surface area contributed by atoms with Crippen molar-refractivity contribution in [2.45, 2.75) is 13.3 Å². The lowest BCUT2D eigenvalue weighted by atomic mass is 10.3. The predicted octanol–water partition coefficient (Wildman–Crippen LogP) is 2.33. The number of carbonyl (C=O) groups excluding carboxylic acids is 1. The molecule has 0 fully saturated rings. The summed E-state index contributed by atoms with van der Waals surface area (Å²) in [5, 5.41) is 1.99. The van der Waals surface area contributed by atoms with Crippen molar-refractivity contribution < 1.29 is 4.79 Å². The molecular weight excluding hydrogens is 194 g/mol. The van der Waals surface area contributed by atoms with E-state index in [4.69, 9.17) is 0 Å². The molecule has 1 aromatic heterocycles. The van der Waals surface area contributed by atoms with Gasteiger partial charge in [-0.2, -0.15) is 0 Å². The average Bonchev–Trinajstić information content (AvgIpc) is 2.66. The Morgan fingerprint density at radius 2 is 2.50 bits per heavy atom. The highest BCUT2D eigenvalue weighted by atomic mass is 32.1. The molecule has 2 nitrogen and oxygen atoms in total. The van der Waals surface area contributed by atoms with Crippen molar-refractivity contribution in [3.05, 3.63) is 35.0 Å². The van der Waals surface area contributed by atoms with Gasteiger partial charge >= 0.3 is 0 Å². The fraction of sp³-hybridized carbons (Fsp3) is 0.364. The Labute approximate surface area is 88.9 Å².